The van der Waals surface area contributed by atoms with Crippen molar-refractivity contribution in [1.29, 1.82) is 0 Å². The normalized spacial score (nSPS) is 21.6. The van der Waals surface area contributed by atoms with Gasteiger partial charge < -0.3 is 10.4 Å². The number of aliphatic carboxylic acids is 1. The van der Waals surface area contributed by atoms with Crippen LogP contribution in [0.4, 0.5) is 22.0 Å². The summed E-state index contributed by atoms with van der Waals surface area (Å²) in [7, 11) is 0. The molecule has 12 heteroatoms. The van der Waals surface area contributed by atoms with E-state index < -0.39 is 42.0 Å². The van der Waals surface area contributed by atoms with Crippen LogP contribution in [0.2, 0.25) is 0 Å². The molecule has 38 heavy (non-hydrogen) atoms. The molecule has 1 saturated carbocycles. The van der Waals surface area contributed by atoms with Gasteiger partial charge in [0.15, 0.2) is 5.69 Å². The molecule has 7 nitrogen and oxygen atoms in total. The van der Waals surface area contributed by atoms with Gasteiger partial charge in [-0.05, 0) is 44.4 Å². The number of aromatic nitrogens is 2. The number of rotatable bonds is 10. The predicted octanol–water partition coefficient (Wildman–Crippen LogP) is 5.03. The van der Waals surface area contributed by atoms with E-state index in [0.717, 1.165) is 31.7 Å². The summed E-state index contributed by atoms with van der Waals surface area (Å²) >= 11 is 0. The Balaban J connectivity index is 1.53. The van der Waals surface area contributed by atoms with Crippen LogP contribution in [0.5, 0.6) is 0 Å². The van der Waals surface area contributed by atoms with Gasteiger partial charge in [0.05, 0.1) is 23.7 Å². The van der Waals surface area contributed by atoms with Crippen LogP contribution in [0, 0.1) is 0 Å². The quantitative estimate of drug-likeness (QED) is 0.412. The van der Waals surface area contributed by atoms with Crippen molar-refractivity contribution in [2.24, 2.45) is 0 Å². The highest BCUT2D eigenvalue weighted by Crippen LogP contribution is 2.40. The van der Waals surface area contributed by atoms with Crippen LogP contribution < -0.4 is 5.32 Å². The fraction of sp³-hybridized carbons (Fsp3) is 0.577. The largest absolute Gasteiger partial charge is 0.481 e. The van der Waals surface area contributed by atoms with Gasteiger partial charge in [0.25, 0.3) is 5.91 Å². The molecule has 2 aromatic rings. The van der Waals surface area contributed by atoms with Gasteiger partial charge >= 0.3 is 12.1 Å². The number of likely N-dealkylation sites (tertiary alicyclic amines) is 1. The van der Waals surface area contributed by atoms with E-state index in [-0.39, 0.29) is 48.9 Å². The Morgan fingerprint density at radius 3 is 2.39 bits per heavy atom. The summed E-state index contributed by atoms with van der Waals surface area (Å²) in [5.41, 5.74) is -0.828. The van der Waals surface area contributed by atoms with Crippen LogP contribution in [0.15, 0.2) is 30.3 Å². The Morgan fingerprint density at radius 1 is 1.11 bits per heavy atom. The number of carboxylic acid groups (broad SMARTS) is 1. The smallest absolute Gasteiger partial charge is 0.417 e. The van der Waals surface area contributed by atoms with Gasteiger partial charge in [0, 0.05) is 24.7 Å². The van der Waals surface area contributed by atoms with E-state index in [9.17, 15) is 36.6 Å². The molecular formula is C26H31F5N4O3. The van der Waals surface area contributed by atoms with Gasteiger partial charge in [0.2, 0.25) is 0 Å². The maximum atomic E-state index is 13.8. The maximum absolute atomic E-state index is 13.8. The first kappa shape index (κ1) is 28.0. The molecule has 0 radical (unpaired) electrons. The SMILES string of the molecule is O=C(O)C[C@H](CCCN1C[C@@H](F)[C@H](F)C1)NC(=O)c1cc(-c2ccccc2C(F)(F)F)n(C2CCCC2)n1. The number of nitrogens with zero attached hydrogens (tertiary/aromatic N) is 3. The van der Waals surface area contributed by atoms with Crippen molar-refractivity contribution in [2.75, 3.05) is 19.6 Å². The van der Waals surface area contributed by atoms with E-state index in [2.05, 4.69) is 10.4 Å². The molecule has 1 saturated heterocycles. The van der Waals surface area contributed by atoms with Crippen LogP contribution in [0.1, 0.15) is 67.0 Å². The summed E-state index contributed by atoms with van der Waals surface area (Å²) in [6.45, 7) is 0.289. The molecule has 4 rings (SSSR count). The topological polar surface area (TPSA) is 87.5 Å². The molecule has 2 heterocycles. The Bertz CT molecular complexity index is 1120. The first-order valence-electron chi connectivity index (χ1n) is 12.8. The van der Waals surface area contributed by atoms with Crippen molar-refractivity contribution in [1.82, 2.24) is 20.0 Å². The lowest BCUT2D eigenvalue weighted by atomic mass is 10.0. The summed E-state index contributed by atoms with van der Waals surface area (Å²) < 4.78 is 69.6. The number of carbonyl (C=O) groups excluding carboxylic acids is 1. The lowest BCUT2D eigenvalue weighted by molar-refractivity contribution is -0.138. The molecule has 1 aliphatic carbocycles. The number of carbonyl (C=O) groups is 2. The Labute approximate surface area is 217 Å². The number of nitrogens with one attached hydrogen (secondary N) is 1. The molecule has 0 bridgehead atoms. The summed E-state index contributed by atoms with van der Waals surface area (Å²) in [6, 6.07) is 5.52. The summed E-state index contributed by atoms with van der Waals surface area (Å²) in [6.07, 6.45) is -4.18. The second-order valence-corrected chi connectivity index (χ2v) is 10.0. The van der Waals surface area contributed by atoms with E-state index in [1.54, 1.807) is 4.90 Å². The minimum Gasteiger partial charge on any atom is -0.481 e. The zero-order valence-corrected chi connectivity index (χ0v) is 20.8. The maximum Gasteiger partial charge on any atom is 0.417 e. The third kappa shape index (κ3) is 6.69. The van der Waals surface area contributed by atoms with E-state index in [4.69, 9.17) is 0 Å². The third-order valence-electron chi connectivity index (χ3n) is 7.19. The van der Waals surface area contributed by atoms with Crippen molar-refractivity contribution in [3.8, 4) is 11.3 Å². The minimum atomic E-state index is -4.60. The molecule has 2 N–H and O–H groups in total. The second kappa shape index (κ2) is 11.8. The van der Waals surface area contributed by atoms with Gasteiger partial charge in [-0.1, -0.05) is 31.0 Å². The van der Waals surface area contributed by atoms with E-state index in [1.165, 1.54) is 28.9 Å². The number of benzene rings is 1. The highest BCUT2D eigenvalue weighted by molar-refractivity contribution is 5.94. The minimum absolute atomic E-state index is 0.0299. The fourth-order valence-electron chi connectivity index (χ4n) is 5.32. The number of hydrogen-bond donors (Lipinski definition) is 2. The molecular weight excluding hydrogens is 511 g/mol. The molecule has 2 fully saturated rings. The Morgan fingerprint density at radius 2 is 1.76 bits per heavy atom. The summed E-state index contributed by atoms with van der Waals surface area (Å²) in [4.78, 5) is 26.1. The van der Waals surface area contributed by atoms with Crippen molar-refractivity contribution in [3.05, 3.63) is 41.6 Å². The van der Waals surface area contributed by atoms with E-state index in [0.29, 0.717) is 13.0 Å². The average Bonchev–Trinajstić information content (AvgIpc) is 3.58. The van der Waals surface area contributed by atoms with Gasteiger partial charge in [0.1, 0.15) is 12.3 Å². The lowest BCUT2D eigenvalue weighted by Gasteiger charge is -2.19. The fourth-order valence-corrected chi connectivity index (χ4v) is 5.32. The number of alkyl halides is 5. The van der Waals surface area contributed by atoms with Crippen molar-refractivity contribution in [3.63, 3.8) is 0 Å². The molecule has 1 aliphatic heterocycles. The zero-order valence-electron chi connectivity index (χ0n) is 20.8. The molecule has 0 unspecified atom stereocenters. The molecule has 2 aliphatic rings. The molecule has 3 atom stereocenters. The van der Waals surface area contributed by atoms with Crippen LogP contribution in [0.25, 0.3) is 11.3 Å². The molecule has 1 amide bonds. The van der Waals surface area contributed by atoms with Crippen molar-refractivity contribution >= 4 is 11.9 Å². The van der Waals surface area contributed by atoms with Gasteiger partial charge in [-0.3, -0.25) is 19.2 Å². The third-order valence-corrected chi connectivity index (χ3v) is 7.19. The highest BCUT2D eigenvalue weighted by Gasteiger charge is 2.36. The predicted molar refractivity (Wildman–Crippen MR) is 129 cm³/mol. The Hall–Kier alpha value is -3.02. The van der Waals surface area contributed by atoms with Crippen molar-refractivity contribution < 1.29 is 36.6 Å². The standard InChI is InChI=1S/C26H31F5N4O3/c27-20-14-34(15-21(20)28)11-5-6-16(12-24(36)37)32-25(38)22-13-23(35(33-22)17-7-1-2-8-17)18-9-3-4-10-19(18)26(29,30)31/h3-4,9-10,13,16-17,20-21H,1-2,5-8,11-12,14-15H2,(H,32,38)(H,36,37)/t16-,20+,21+/m0/s1. The monoisotopic (exact) mass is 542 g/mol. The number of carboxylic acids is 1. The molecule has 1 aromatic carbocycles. The second-order valence-electron chi connectivity index (χ2n) is 10.0. The van der Waals surface area contributed by atoms with Gasteiger partial charge in [-0.2, -0.15) is 18.3 Å². The molecule has 1 aromatic heterocycles. The van der Waals surface area contributed by atoms with Crippen molar-refractivity contribution in [2.45, 2.75) is 75.5 Å². The van der Waals surface area contributed by atoms with Gasteiger partial charge in [-0.25, -0.2) is 8.78 Å². The number of amides is 1. The van der Waals surface area contributed by atoms with Crippen LogP contribution in [-0.4, -0.2) is 69.7 Å². The first-order valence-corrected chi connectivity index (χ1v) is 12.8. The first-order chi connectivity index (χ1) is 18.0. The van der Waals surface area contributed by atoms with Crippen LogP contribution in [0.3, 0.4) is 0 Å². The van der Waals surface area contributed by atoms with Crippen LogP contribution in [-0.2, 0) is 11.0 Å². The summed E-state index contributed by atoms with van der Waals surface area (Å²) in [5, 5.41) is 16.3. The number of hydrogen-bond acceptors (Lipinski definition) is 4. The number of halogens is 5. The molecule has 0 spiro atoms. The molecule has 208 valence electrons. The van der Waals surface area contributed by atoms with Crippen LogP contribution >= 0.6 is 0 Å². The Kier molecular flexibility index (Phi) is 8.69. The summed E-state index contributed by atoms with van der Waals surface area (Å²) in [5.74, 6) is -1.83. The lowest BCUT2D eigenvalue weighted by Crippen LogP contribution is -2.37. The average molecular weight is 543 g/mol. The van der Waals surface area contributed by atoms with E-state index in [1.807, 2.05) is 0 Å². The van der Waals surface area contributed by atoms with Gasteiger partial charge in [-0.15, -0.1) is 0 Å². The van der Waals surface area contributed by atoms with E-state index >= 15 is 0 Å². The zero-order chi connectivity index (χ0) is 27.4. The highest BCUT2D eigenvalue weighted by atomic mass is 19.4.